The minimum Gasteiger partial charge on any atom is -1.00 e. The van der Waals surface area contributed by atoms with E-state index in [2.05, 4.69) is 32.1 Å². The Hall–Kier alpha value is 0.423. The molecule has 0 heterocycles. The zero-order valence-electron chi connectivity index (χ0n) is 8.90. The molecule has 0 saturated carbocycles. The van der Waals surface area contributed by atoms with E-state index in [0.717, 1.165) is 6.42 Å². The molecule has 0 aromatic rings. The summed E-state index contributed by atoms with van der Waals surface area (Å²) < 4.78 is 1.63. The van der Waals surface area contributed by atoms with Crippen molar-refractivity contribution in [3.63, 3.8) is 0 Å². The molecule has 0 unspecified atom stereocenters. The van der Waals surface area contributed by atoms with Gasteiger partial charge in [0.1, 0.15) is 0 Å². The first-order valence-corrected chi connectivity index (χ1v) is 5.90. The van der Waals surface area contributed by atoms with Gasteiger partial charge in [-0.05, 0) is 0 Å². The Morgan fingerprint density at radius 2 is 1.80 bits per heavy atom. The first-order valence-electron chi connectivity index (χ1n) is 4.67. The van der Waals surface area contributed by atoms with E-state index in [9.17, 15) is 0 Å². The van der Waals surface area contributed by atoms with E-state index in [4.69, 9.17) is 0 Å². The summed E-state index contributed by atoms with van der Waals surface area (Å²) in [7, 11) is 0. The van der Waals surface area contributed by atoms with Crippen LogP contribution in [0.15, 0.2) is 43.8 Å². The van der Waals surface area contributed by atoms with Gasteiger partial charge in [-0.15, -0.1) is 0 Å². The Bertz CT molecular complexity index is 373. The first-order chi connectivity index (χ1) is 6.20. The number of allylic oxidation sites excluding steroid dienone is 8. The van der Waals surface area contributed by atoms with Crippen LogP contribution in [0.25, 0.3) is 0 Å². The van der Waals surface area contributed by atoms with Crippen LogP contribution in [0.1, 0.15) is 26.7 Å². The zero-order valence-corrected chi connectivity index (χ0v) is 12.9. The molecule has 0 nitrogen and oxygen atoms in total. The number of hydrogen-bond acceptors (Lipinski definition) is 0. The molecule has 79 valence electrons. The fourth-order valence-corrected chi connectivity index (χ4v) is 2.82. The first kappa shape index (κ1) is 15.4. The number of halogens is 2. The van der Waals surface area contributed by atoms with Gasteiger partial charge in [0.05, 0.1) is 0 Å². The molecule has 0 aromatic heterocycles. The predicted molar refractivity (Wildman–Crippen MR) is 51.9 cm³/mol. The molecule has 2 rings (SSSR count). The summed E-state index contributed by atoms with van der Waals surface area (Å²) in [5.74, 6) is 0. The average Bonchev–Trinajstić information content (AvgIpc) is 2.70. The van der Waals surface area contributed by atoms with Crippen LogP contribution in [0.5, 0.6) is 0 Å². The summed E-state index contributed by atoms with van der Waals surface area (Å²) in [4.78, 5) is 0. The van der Waals surface area contributed by atoms with Crippen molar-refractivity contribution in [2.75, 3.05) is 0 Å². The minimum atomic E-state index is 0. The molecular weight excluding hydrogens is 306 g/mol. The van der Waals surface area contributed by atoms with Gasteiger partial charge >= 0.3 is 95.2 Å². The van der Waals surface area contributed by atoms with Crippen LogP contribution in [-0.2, 0) is 24.7 Å². The average molecular weight is 319 g/mol. The van der Waals surface area contributed by atoms with Gasteiger partial charge in [-0.2, -0.15) is 0 Å². The molecule has 0 saturated heterocycles. The Morgan fingerprint density at radius 1 is 1.13 bits per heavy atom. The zero-order chi connectivity index (χ0) is 9.42. The van der Waals surface area contributed by atoms with Crippen molar-refractivity contribution in [1.82, 2.24) is 0 Å². The summed E-state index contributed by atoms with van der Waals surface area (Å²) >= 11 is 1.58. The SMILES string of the molecule is CC1=[C]([Zr+2])CC(C2=CC=CC2)=C1C.[Cl-].[Cl-]. The van der Waals surface area contributed by atoms with Gasteiger partial charge in [0.2, 0.25) is 0 Å². The van der Waals surface area contributed by atoms with Gasteiger partial charge in [0.25, 0.3) is 0 Å². The fraction of sp³-hybridized carbons (Fsp3) is 0.333. The Labute approximate surface area is 119 Å². The molecule has 0 aromatic carbocycles. The van der Waals surface area contributed by atoms with Crippen molar-refractivity contribution >= 4 is 0 Å². The van der Waals surface area contributed by atoms with Gasteiger partial charge in [-0.1, -0.05) is 0 Å². The molecule has 0 N–H and O–H groups in total. The van der Waals surface area contributed by atoms with Crippen molar-refractivity contribution in [3.8, 4) is 0 Å². The van der Waals surface area contributed by atoms with E-state index in [0.29, 0.717) is 0 Å². The molecule has 0 bridgehead atoms. The second kappa shape index (κ2) is 6.23. The topological polar surface area (TPSA) is 0 Å². The van der Waals surface area contributed by atoms with Crippen LogP contribution < -0.4 is 24.8 Å². The maximum Gasteiger partial charge on any atom is -1.00 e. The summed E-state index contributed by atoms with van der Waals surface area (Å²) in [5, 5.41) is 0. The second-order valence-corrected chi connectivity index (χ2v) is 5.19. The number of hydrogen-bond donors (Lipinski definition) is 0. The molecule has 0 amide bonds. The van der Waals surface area contributed by atoms with Crippen LogP contribution >= 0.6 is 0 Å². The molecule has 0 aliphatic heterocycles. The second-order valence-electron chi connectivity index (χ2n) is 3.71. The summed E-state index contributed by atoms with van der Waals surface area (Å²) in [6, 6.07) is 0. The van der Waals surface area contributed by atoms with Crippen LogP contribution in [-0.4, -0.2) is 0 Å². The molecular formula is C12H13Cl2Zr. The van der Waals surface area contributed by atoms with E-state index >= 15 is 0 Å². The predicted octanol–water partition coefficient (Wildman–Crippen LogP) is -2.58. The Kier molecular flexibility index (Phi) is 6.41. The molecule has 0 radical (unpaired) electrons. The molecule has 3 heteroatoms. The van der Waals surface area contributed by atoms with Crippen molar-refractivity contribution in [2.45, 2.75) is 26.7 Å². The van der Waals surface area contributed by atoms with E-state index < -0.39 is 0 Å². The van der Waals surface area contributed by atoms with Gasteiger partial charge in [-0.3, -0.25) is 0 Å². The Morgan fingerprint density at radius 3 is 2.20 bits per heavy atom. The molecule has 0 fully saturated rings. The van der Waals surface area contributed by atoms with Gasteiger partial charge < -0.3 is 24.8 Å². The normalized spacial score (nSPS) is 19.1. The summed E-state index contributed by atoms with van der Waals surface area (Å²) in [5.41, 5.74) is 6.20. The van der Waals surface area contributed by atoms with Crippen LogP contribution in [0, 0.1) is 0 Å². The fourth-order valence-electron chi connectivity index (χ4n) is 1.92. The third kappa shape index (κ3) is 2.96. The maximum absolute atomic E-state index is 2.26. The molecule has 15 heavy (non-hydrogen) atoms. The van der Waals surface area contributed by atoms with E-state index in [1.54, 1.807) is 39.1 Å². The monoisotopic (exact) mass is 317 g/mol. The van der Waals surface area contributed by atoms with Crippen molar-refractivity contribution < 1.29 is 49.5 Å². The van der Waals surface area contributed by atoms with E-state index in [-0.39, 0.29) is 24.8 Å². The van der Waals surface area contributed by atoms with Crippen molar-refractivity contribution in [2.24, 2.45) is 0 Å². The quantitative estimate of drug-likeness (QED) is 0.498. The minimum absolute atomic E-state index is 0. The van der Waals surface area contributed by atoms with Crippen molar-refractivity contribution in [1.29, 1.82) is 0 Å². The van der Waals surface area contributed by atoms with Gasteiger partial charge in [-0.25, -0.2) is 0 Å². The van der Waals surface area contributed by atoms with Crippen molar-refractivity contribution in [3.05, 3.63) is 43.8 Å². The van der Waals surface area contributed by atoms with Crippen LogP contribution in [0.3, 0.4) is 0 Å². The van der Waals surface area contributed by atoms with E-state index in [1.165, 1.54) is 17.6 Å². The van der Waals surface area contributed by atoms with Crippen LogP contribution in [0.2, 0.25) is 0 Å². The molecule has 0 atom stereocenters. The molecule has 2 aliphatic rings. The third-order valence-corrected chi connectivity index (χ3v) is 4.34. The third-order valence-electron chi connectivity index (χ3n) is 2.98. The smallest absolute Gasteiger partial charge is 1.00 e. The number of rotatable bonds is 1. The van der Waals surface area contributed by atoms with Crippen LogP contribution in [0.4, 0.5) is 0 Å². The maximum atomic E-state index is 2.26. The molecule has 0 spiro atoms. The summed E-state index contributed by atoms with van der Waals surface area (Å²) in [6.45, 7) is 4.52. The van der Waals surface area contributed by atoms with Gasteiger partial charge in [0.15, 0.2) is 0 Å². The molecule has 2 aliphatic carbocycles. The standard InChI is InChI=1S/C12H13.2ClH.Zr/c1-9-7-8-12(10(9)2)11-5-3-4-6-11;;;/h3-5H,6,8H2,1-2H3;2*1H;/q;;;+2/p-2. The Balaban J connectivity index is 0.000000980. The van der Waals surface area contributed by atoms with E-state index in [1.807, 2.05) is 0 Å². The van der Waals surface area contributed by atoms with Gasteiger partial charge in [0, 0.05) is 0 Å². The largest absolute Gasteiger partial charge is 1.00 e. The summed E-state index contributed by atoms with van der Waals surface area (Å²) in [6.07, 6.45) is 9.03.